The second-order valence-corrected chi connectivity index (χ2v) is 6.00. The highest BCUT2D eigenvalue weighted by molar-refractivity contribution is 9.10. The maximum atomic E-state index is 12.1. The summed E-state index contributed by atoms with van der Waals surface area (Å²) < 4.78 is 1.02. The SMILES string of the molecule is Cc1ccc(C(=O)NC(C)Cc2ccc(Br)cc2)c(=O)[nH]1. The zero-order chi connectivity index (χ0) is 15.4. The molecular weight excluding hydrogens is 332 g/mol. The van der Waals surface area contributed by atoms with Gasteiger partial charge in [-0.05, 0) is 50.1 Å². The largest absolute Gasteiger partial charge is 0.349 e. The average Bonchev–Trinajstić information content (AvgIpc) is 2.41. The molecule has 0 bridgehead atoms. The van der Waals surface area contributed by atoms with Gasteiger partial charge in [-0.1, -0.05) is 28.1 Å². The third-order valence-electron chi connectivity index (χ3n) is 3.13. The van der Waals surface area contributed by atoms with Crippen molar-refractivity contribution in [2.45, 2.75) is 26.3 Å². The van der Waals surface area contributed by atoms with Crippen LogP contribution in [-0.4, -0.2) is 16.9 Å². The molecule has 2 rings (SSSR count). The van der Waals surface area contributed by atoms with Gasteiger partial charge in [0.15, 0.2) is 0 Å². The van der Waals surface area contributed by atoms with E-state index in [-0.39, 0.29) is 23.1 Å². The molecule has 0 aliphatic rings. The Morgan fingerprint density at radius 3 is 2.52 bits per heavy atom. The highest BCUT2D eigenvalue weighted by Crippen LogP contribution is 2.12. The van der Waals surface area contributed by atoms with Crippen LogP contribution in [0, 0.1) is 6.92 Å². The van der Waals surface area contributed by atoms with Gasteiger partial charge in [0.1, 0.15) is 5.56 Å². The van der Waals surface area contributed by atoms with Gasteiger partial charge in [-0.25, -0.2) is 0 Å². The summed E-state index contributed by atoms with van der Waals surface area (Å²) in [7, 11) is 0. The Morgan fingerprint density at radius 2 is 1.90 bits per heavy atom. The van der Waals surface area contributed by atoms with Crippen molar-refractivity contribution in [3.63, 3.8) is 0 Å². The van der Waals surface area contributed by atoms with Crippen molar-refractivity contribution in [2.75, 3.05) is 0 Å². The lowest BCUT2D eigenvalue weighted by molar-refractivity contribution is 0.0938. The molecule has 1 aromatic carbocycles. The van der Waals surface area contributed by atoms with Crippen LogP contribution < -0.4 is 10.9 Å². The molecule has 1 amide bonds. The first-order valence-electron chi connectivity index (χ1n) is 6.71. The lowest BCUT2D eigenvalue weighted by atomic mass is 10.1. The van der Waals surface area contributed by atoms with E-state index in [0.29, 0.717) is 6.42 Å². The fourth-order valence-electron chi connectivity index (χ4n) is 2.08. The van der Waals surface area contributed by atoms with Crippen LogP contribution in [0.2, 0.25) is 0 Å². The molecule has 1 heterocycles. The molecule has 5 heteroatoms. The topological polar surface area (TPSA) is 62.0 Å². The van der Waals surface area contributed by atoms with E-state index in [1.165, 1.54) is 0 Å². The Kier molecular flexibility index (Phi) is 4.96. The first kappa shape index (κ1) is 15.5. The van der Waals surface area contributed by atoms with Crippen LogP contribution in [0.5, 0.6) is 0 Å². The van der Waals surface area contributed by atoms with Gasteiger partial charge in [0.25, 0.3) is 11.5 Å². The van der Waals surface area contributed by atoms with E-state index < -0.39 is 0 Å². The minimum Gasteiger partial charge on any atom is -0.349 e. The van der Waals surface area contributed by atoms with E-state index in [1.54, 1.807) is 19.1 Å². The molecule has 110 valence electrons. The summed E-state index contributed by atoms with van der Waals surface area (Å²) in [5.74, 6) is -0.346. The average molecular weight is 349 g/mol. The summed E-state index contributed by atoms with van der Waals surface area (Å²) in [6.07, 6.45) is 0.711. The number of carbonyl (C=O) groups is 1. The van der Waals surface area contributed by atoms with Gasteiger partial charge in [-0.15, -0.1) is 0 Å². The fourth-order valence-corrected chi connectivity index (χ4v) is 2.34. The van der Waals surface area contributed by atoms with Gasteiger partial charge in [-0.2, -0.15) is 0 Å². The van der Waals surface area contributed by atoms with Crippen molar-refractivity contribution in [3.05, 3.63) is 68.0 Å². The molecule has 0 saturated heterocycles. The number of nitrogens with one attached hydrogen (secondary N) is 2. The van der Waals surface area contributed by atoms with Crippen LogP contribution in [0.4, 0.5) is 0 Å². The van der Waals surface area contributed by atoms with Crippen LogP contribution in [-0.2, 0) is 6.42 Å². The van der Waals surface area contributed by atoms with E-state index in [4.69, 9.17) is 0 Å². The number of aryl methyl sites for hydroxylation is 1. The maximum absolute atomic E-state index is 12.1. The molecule has 2 aromatic rings. The van der Waals surface area contributed by atoms with E-state index in [2.05, 4.69) is 26.2 Å². The first-order valence-corrected chi connectivity index (χ1v) is 7.50. The minimum absolute atomic E-state index is 0.0561. The highest BCUT2D eigenvalue weighted by Gasteiger charge is 2.13. The Hall–Kier alpha value is -1.88. The monoisotopic (exact) mass is 348 g/mol. The minimum atomic E-state index is -0.358. The number of rotatable bonds is 4. The molecule has 2 N–H and O–H groups in total. The Balaban J connectivity index is 2.01. The number of aromatic nitrogens is 1. The Morgan fingerprint density at radius 1 is 1.24 bits per heavy atom. The predicted molar refractivity (Wildman–Crippen MR) is 86.6 cm³/mol. The maximum Gasteiger partial charge on any atom is 0.260 e. The summed E-state index contributed by atoms with van der Waals surface area (Å²) in [6, 6.07) is 11.2. The second-order valence-electron chi connectivity index (χ2n) is 5.09. The van der Waals surface area contributed by atoms with Gasteiger partial charge in [0.2, 0.25) is 0 Å². The van der Waals surface area contributed by atoms with Gasteiger partial charge in [0.05, 0.1) is 0 Å². The number of hydrogen-bond donors (Lipinski definition) is 2. The lowest BCUT2D eigenvalue weighted by Gasteiger charge is -2.14. The molecule has 0 saturated carbocycles. The molecule has 1 unspecified atom stereocenters. The van der Waals surface area contributed by atoms with Crippen molar-refractivity contribution in [1.82, 2.24) is 10.3 Å². The van der Waals surface area contributed by atoms with Crippen LogP contribution in [0.1, 0.15) is 28.5 Å². The summed E-state index contributed by atoms with van der Waals surface area (Å²) in [5, 5.41) is 2.85. The number of pyridine rings is 1. The summed E-state index contributed by atoms with van der Waals surface area (Å²) >= 11 is 3.39. The Bertz CT molecular complexity index is 692. The smallest absolute Gasteiger partial charge is 0.260 e. The van der Waals surface area contributed by atoms with E-state index >= 15 is 0 Å². The van der Waals surface area contributed by atoms with Gasteiger partial charge >= 0.3 is 0 Å². The number of halogens is 1. The normalized spacial score (nSPS) is 12.0. The van der Waals surface area contributed by atoms with Crippen molar-refractivity contribution in [2.24, 2.45) is 0 Å². The lowest BCUT2D eigenvalue weighted by Crippen LogP contribution is -2.37. The van der Waals surface area contributed by atoms with Crippen molar-refractivity contribution >= 4 is 21.8 Å². The van der Waals surface area contributed by atoms with Crippen LogP contribution in [0.25, 0.3) is 0 Å². The molecule has 1 atom stereocenters. The van der Waals surface area contributed by atoms with Gasteiger partial charge in [-0.3, -0.25) is 9.59 Å². The standard InChI is InChI=1S/C16H17BrN2O2/c1-10-3-8-14(15(20)18-10)16(21)19-11(2)9-12-4-6-13(17)7-5-12/h3-8,11H,9H2,1-2H3,(H,18,20)(H,19,21). The fraction of sp³-hybridized carbons (Fsp3) is 0.250. The summed E-state index contributed by atoms with van der Waals surface area (Å²) in [5.41, 5.74) is 1.65. The zero-order valence-electron chi connectivity index (χ0n) is 11.9. The summed E-state index contributed by atoms with van der Waals surface area (Å²) in [6.45, 7) is 3.70. The molecule has 1 aromatic heterocycles. The molecule has 0 radical (unpaired) electrons. The van der Waals surface area contributed by atoms with Crippen LogP contribution >= 0.6 is 15.9 Å². The number of amides is 1. The van der Waals surface area contributed by atoms with Crippen LogP contribution in [0.3, 0.4) is 0 Å². The predicted octanol–water partition coefficient (Wildman–Crippen LogP) is 2.81. The number of benzene rings is 1. The van der Waals surface area contributed by atoms with E-state index in [9.17, 15) is 9.59 Å². The van der Waals surface area contributed by atoms with Crippen molar-refractivity contribution in [1.29, 1.82) is 0 Å². The molecule has 0 fully saturated rings. The molecule has 4 nitrogen and oxygen atoms in total. The van der Waals surface area contributed by atoms with Crippen molar-refractivity contribution in [3.8, 4) is 0 Å². The third kappa shape index (κ3) is 4.29. The molecule has 0 aliphatic carbocycles. The number of hydrogen-bond acceptors (Lipinski definition) is 2. The van der Waals surface area contributed by atoms with E-state index in [1.807, 2.05) is 31.2 Å². The molecule has 0 spiro atoms. The van der Waals surface area contributed by atoms with Gasteiger partial charge in [0, 0.05) is 16.2 Å². The van der Waals surface area contributed by atoms with Crippen LogP contribution in [0.15, 0.2) is 45.7 Å². The van der Waals surface area contributed by atoms with E-state index in [0.717, 1.165) is 15.7 Å². The molecule has 0 aliphatic heterocycles. The zero-order valence-corrected chi connectivity index (χ0v) is 13.5. The Labute approximate surface area is 131 Å². The number of carbonyl (C=O) groups excluding carboxylic acids is 1. The third-order valence-corrected chi connectivity index (χ3v) is 3.66. The highest BCUT2D eigenvalue weighted by atomic mass is 79.9. The molecule has 21 heavy (non-hydrogen) atoms. The van der Waals surface area contributed by atoms with Gasteiger partial charge < -0.3 is 10.3 Å². The number of H-pyrrole nitrogens is 1. The second kappa shape index (κ2) is 6.72. The quantitative estimate of drug-likeness (QED) is 0.892. The van der Waals surface area contributed by atoms with Crippen molar-refractivity contribution < 1.29 is 4.79 Å². The molecular formula is C16H17BrN2O2. The summed E-state index contributed by atoms with van der Waals surface area (Å²) in [4.78, 5) is 26.5. The number of aromatic amines is 1. The first-order chi connectivity index (χ1) is 9.95.